The first kappa shape index (κ1) is 16.2. The van der Waals surface area contributed by atoms with Crippen molar-refractivity contribution in [2.24, 2.45) is 0 Å². The monoisotopic (exact) mass is 318 g/mol. The van der Waals surface area contributed by atoms with Crippen LogP contribution in [0.4, 0.5) is 0 Å². The van der Waals surface area contributed by atoms with Crippen LogP contribution >= 0.6 is 11.3 Å². The van der Waals surface area contributed by atoms with E-state index in [9.17, 15) is 9.59 Å². The summed E-state index contributed by atoms with van der Waals surface area (Å²) in [5, 5.41) is 14.4. The number of aromatic nitrogens is 1. The molecule has 1 aromatic carbocycles. The summed E-state index contributed by atoms with van der Waals surface area (Å²) < 4.78 is 0. The van der Waals surface area contributed by atoms with Gasteiger partial charge < -0.3 is 10.4 Å². The van der Waals surface area contributed by atoms with E-state index in [0.717, 1.165) is 10.6 Å². The number of aliphatic carboxylic acids is 1. The Morgan fingerprint density at radius 1 is 1.27 bits per heavy atom. The van der Waals surface area contributed by atoms with Crippen LogP contribution in [0.2, 0.25) is 0 Å². The number of rotatable bonds is 6. The molecule has 0 aliphatic rings. The van der Waals surface area contributed by atoms with Gasteiger partial charge in [0.25, 0.3) is 5.91 Å². The number of amides is 1. The lowest BCUT2D eigenvalue weighted by molar-refractivity contribution is -0.137. The van der Waals surface area contributed by atoms with Gasteiger partial charge in [0.05, 0.1) is 17.5 Å². The highest BCUT2D eigenvalue weighted by Gasteiger charge is 2.20. The fourth-order valence-electron chi connectivity index (χ4n) is 2.00. The van der Waals surface area contributed by atoms with E-state index in [4.69, 9.17) is 5.11 Å². The Labute approximate surface area is 133 Å². The van der Waals surface area contributed by atoms with Crippen molar-refractivity contribution in [2.45, 2.75) is 32.2 Å². The lowest BCUT2D eigenvalue weighted by atomic mass is 10.0. The zero-order valence-corrected chi connectivity index (χ0v) is 13.3. The number of carboxylic acids is 1. The molecule has 0 saturated carbocycles. The van der Waals surface area contributed by atoms with Gasteiger partial charge in [-0.15, -0.1) is 11.3 Å². The summed E-state index contributed by atoms with van der Waals surface area (Å²) in [7, 11) is 0. The Kier molecular flexibility index (Phi) is 5.27. The minimum Gasteiger partial charge on any atom is -0.481 e. The van der Waals surface area contributed by atoms with E-state index in [1.807, 2.05) is 32.0 Å². The molecule has 1 aromatic heterocycles. The number of carbonyl (C=O) groups is 2. The van der Waals surface area contributed by atoms with Gasteiger partial charge in [0.2, 0.25) is 0 Å². The molecule has 1 atom stereocenters. The number of carboxylic acid groups (broad SMARTS) is 1. The van der Waals surface area contributed by atoms with Crippen LogP contribution in [0.3, 0.4) is 0 Å². The lowest BCUT2D eigenvalue weighted by Crippen LogP contribution is -2.30. The Hall–Kier alpha value is -2.21. The highest BCUT2D eigenvalue weighted by atomic mass is 32.1. The van der Waals surface area contributed by atoms with Crippen molar-refractivity contribution in [3.05, 3.63) is 52.0 Å². The molecule has 5 nitrogen and oxygen atoms in total. The molecule has 6 heteroatoms. The molecule has 0 aliphatic heterocycles. The van der Waals surface area contributed by atoms with E-state index in [1.54, 1.807) is 17.5 Å². The fraction of sp³-hybridized carbons (Fsp3) is 0.312. The third-order valence-electron chi connectivity index (χ3n) is 3.13. The minimum atomic E-state index is -0.963. The highest BCUT2D eigenvalue weighted by Crippen LogP contribution is 2.21. The summed E-state index contributed by atoms with van der Waals surface area (Å²) in [5.41, 5.74) is 1.09. The summed E-state index contributed by atoms with van der Waals surface area (Å²) in [4.78, 5) is 27.6. The lowest BCUT2D eigenvalue weighted by Gasteiger charge is -2.16. The molecule has 2 N–H and O–H groups in total. The van der Waals surface area contributed by atoms with Gasteiger partial charge >= 0.3 is 5.97 Å². The van der Waals surface area contributed by atoms with Crippen LogP contribution in [0.1, 0.15) is 53.3 Å². The van der Waals surface area contributed by atoms with E-state index in [2.05, 4.69) is 10.3 Å². The van der Waals surface area contributed by atoms with Gasteiger partial charge in [-0.2, -0.15) is 0 Å². The van der Waals surface area contributed by atoms with Crippen LogP contribution in [0.5, 0.6) is 0 Å². The Morgan fingerprint density at radius 3 is 2.50 bits per heavy atom. The summed E-state index contributed by atoms with van der Waals surface area (Å²) in [5.74, 6) is -1.05. The van der Waals surface area contributed by atoms with E-state index in [0.29, 0.717) is 5.69 Å². The SMILES string of the molecule is CC(C)c1nc(C(=O)NC(CC(=O)O)c2ccccc2)cs1. The van der Waals surface area contributed by atoms with Gasteiger partial charge in [-0.3, -0.25) is 9.59 Å². The number of thiazole rings is 1. The number of hydrogen-bond acceptors (Lipinski definition) is 4. The first-order valence-corrected chi connectivity index (χ1v) is 7.88. The fourth-order valence-corrected chi connectivity index (χ4v) is 2.82. The molecule has 0 radical (unpaired) electrons. The first-order chi connectivity index (χ1) is 10.5. The maximum atomic E-state index is 12.3. The number of hydrogen-bond donors (Lipinski definition) is 2. The zero-order valence-electron chi connectivity index (χ0n) is 12.4. The van der Waals surface area contributed by atoms with E-state index < -0.39 is 12.0 Å². The van der Waals surface area contributed by atoms with Crippen molar-refractivity contribution in [1.29, 1.82) is 0 Å². The molecule has 1 unspecified atom stereocenters. The van der Waals surface area contributed by atoms with Crippen LogP contribution in [0.25, 0.3) is 0 Å². The Bertz CT molecular complexity index is 652. The molecule has 2 rings (SSSR count). The normalized spacial score (nSPS) is 12.1. The molecule has 0 spiro atoms. The second-order valence-electron chi connectivity index (χ2n) is 5.26. The predicted molar refractivity (Wildman–Crippen MR) is 85.1 cm³/mol. The van der Waals surface area contributed by atoms with Gasteiger partial charge in [0.1, 0.15) is 5.69 Å². The molecular weight excluding hydrogens is 300 g/mol. The number of benzene rings is 1. The van der Waals surface area contributed by atoms with Gasteiger partial charge in [-0.25, -0.2) is 4.98 Å². The van der Waals surface area contributed by atoms with E-state index in [-0.39, 0.29) is 18.2 Å². The van der Waals surface area contributed by atoms with Crippen molar-refractivity contribution in [3.8, 4) is 0 Å². The van der Waals surface area contributed by atoms with Crippen LogP contribution in [0, 0.1) is 0 Å². The second-order valence-corrected chi connectivity index (χ2v) is 6.15. The summed E-state index contributed by atoms with van der Waals surface area (Å²) in [6, 6.07) is 8.50. The summed E-state index contributed by atoms with van der Waals surface area (Å²) >= 11 is 1.43. The van der Waals surface area contributed by atoms with Gasteiger partial charge in [0.15, 0.2) is 0 Å². The molecule has 1 heterocycles. The molecule has 116 valence electrons. The smallest absolute Gasteiger partial charge is 0.305 e. The molecule has 0 saturated heterocycles. The quantitative estimate of drug-likeness (QED) is 0.857. The van der Waals surface area contributed by atoms with Crippen LogP contribution in [-0.4, -0.2) is 22.0 Å². The van der Waals surface area contributed by atoms with Crippen LogP contribution in [-0.2, 0) is 4.79 Å². The average Bonchev–Trinajstić information content (AvgIpc) is 2.97. The first-order valence-electron chi connectivity index (χ1n) is 7.00. The third kappa shape index (κ3) is 4.14. The van der Waals surface area contributed by atoms with Crippen molar-refractivity contribution < 1.29 is 14.7 Å². The molecule has 0 bridgehead atoms. The second kappa shape index (κ2) is 7.17. The number of carbonyl (C=O) groups excluding carboxylic acids is 1. The van der Waals surface area contributed by atoms with Gasteiger partial charge in [-0.1, -0.05) is 44.2 Å². The third-order valence-corrected chi connectivity index (χ3v) is 4.28. The maximum Gasteiger partial charge on any atom is 0.305 e. The summed E-state index contributed by atoms with van der Waals surface area (Å²) in [6.45, 7) is 4.02. The molecule has 22 heavy (non-hydrogen) atoms. The molecule has 2 aromatic rings. The van der Waals surface area contributed by atoms with Crippen molar-refractivity contribution in [1.82, 2.24) is 10.3 Å². The zero-order chi connectivity index (χ0) is 16.1. The van der Waals surface area contributed by atoms with Crippen LogP contribution in [0.15, 0.2) is 35.7 Å². The topological polar surface area (TPSA) is 79.3 Å². The molecular formula is C16H18N2O3S. The molecule has 0 fully saturated rings. The average molecular weight is 318 g/mol. The Balaban J connectivity index is 2.15. The van der Waals surface area contributed by atoms with Crippen LogP contribution < -0.4 is 5.32 Å². The van der Waals surface area contributed by atoms with Crippen molar-refractivity contribution >= 4 is 23.2 Å². The highest BCUT2D eigenvalue weighted by molar-refractivity contribution is 7.09. The maximum absolute atomic E-state index is 12.3. The molecule has 0 aliphatic carbocycles. The van der Waals surface area contributed by atoms with Gasteiger partial charge in [0, 0.05) is 11.3 Å². The minimum absolute atomic E-state index is 0.170. The number of nitrogens with zero attached hydrogens (tertiary/aromatic N) is 1. The Morgan fingerprint density at radius 2 is 1.95 bits per heavy atom. The summed E-state index contributed by atoms with van der Waals surface area (Å²) in [6.07, 6.45) is -0.170. The van der Waals surface area contributed by atoms with Crippen molar-refractivity contribution in [2.75, 3.05) is 0 Å². The number of nitrogens with one attached hydrogen (secondary N) is 1. The van der Waals surface area contributed by atoms with Crippen molar-refractivity contribution in [3.63, 3.8) is 0 Å². The van der Waals surface area contributed by atoms with E-state index >= 15 is 0 Å². The standard InChI is InChI=1S/C16H18N2O3S/c1-10(2)16-18-13(9-22-16)15(21)17-12(8-14(19)20)11-6-4-3-5-7-11/h3-7,9-10,12H,8H2,1-2H3,(H,17,21)(H,19,20). The largest absolute Gasteiger partial charge is 0.481 e. The van der Waals surface area contributed by atoms with Gasteiger partial charge in [-0.05, 0) is 5.56 Å². The van der Waals surface area contributed by atoms with E-state index in [1.165, 1.54) is 11.3 Å². The predicted octanol–water partition coefficient (Wildman–Crippen LogP) is 3.21. The molecule has 1 amide bonds.